The van der Waals surface area contributed by atoms with Crippen LogP contribution in [0.25, 0.3) is 0 Å². The van der Waals surface area contributed by atoms with E-state index in [0.29, 0.717) is 18.8 Å². The Morgan fingerprint density at radius 3 is 2.32 bits per heavy atom. The molecule has 0 spiro atoms. The van der Waals surface area contributed by atoms with Gasteiger partial charge < -0.3 is 10.0 Å². The van der Waals surface area contributed by atoms with E-state index in [-0.39, 0.29) is 23.8 Å². The van der Waals surface area contributed by atoms with Crippen LogP contribution in [0.3, 0.4) is 0 Å². The minimum Gasteiger partial charge on any atom is -0.481 e. The van der Waals surface area contributed by atoms with Crippen LogP contribution in [-0.4, -0.2) is 34.5 Å². The summed E-state index contributed by atoms with van der Waals surface area (Å²) in [7, 11) is 0. The average Bonchev–Trinajstić information content (AvgIpc) is 3.12. The minimum atomic E-state index is -0.708. The molecule has 0 aromatic heterocycles. The molecule has 1 aromatic rings. The highest BCUT2D eigenvalue weighted by Gasteiger charge is 2.39. The number of carbonyl (C=O) groups excluding carboxylic acids is 1. The molecule has 1 N–H and O–H groups in total. The van der Waals surface area contributed by atoms with Crippen LogP contribution >= 0.6 is 0 Å². The largest absolute Gasteiger partial charge is 0.481 e. The maximum atomic E-state index is 13.1. The molecule has 4 heteroatoms. The zero-order chi connectivity index (χ0) is 17.8. The van der Waals surface area contributed by atoms with Crippen LogP contribution in [0.2, 0.25) is 0 Å². The number of nitrogens with zero attached hydrogens (tertiary/aromatic N) is 1. The van der Waals surface area contributed by atoms with Crippen molar-refractivity contribution in [3.05, 3.63) is 35.9 Å². The molecule has 4 nitrogen and oxygen atoms in total. The van der Waals surface area contributed by atoms with Gasteiger partial charge in [-0.3, -0.25) is 9.59 Å². The molecule has 3 rings (SSSR count). The Bertz CT molecular complexity index is 592. The first kappa shape index (κ1) is 18.0. The molecule has 1 amide bonds. The fourth-order valence-corrected chi connectivity index (χ4v) is 4.74. The van der Waals surface area contributed by atoms with Gasteiger partial charge >= 0.3 is 5.97 Å². The molecular weight excluding hydrogens is 314 g/mol. The van der Waals surface area contributed by atoms with Crippen LogP contribution in [-0.2, 0) is 9.59 Å². The van der Waals surface area contributed by atoms with Crippen LogP contribution in [0.1, 0.15) is 63.4 Å². The van der Waals surface area contributed by atoms with Gasteiger partial charge in [-0.15, -0.1) is 0 Å². The second-order valence-electron chi connectivity index (χ2n) is 7.55. The maximum Gasteiger partial charge on any atom is 0.306 e. The summed E-state index contributed by atoms with van der Waals surface area (Å²) in [5.74, 6) is -0.292. The Morgan fingerprint density at radius 1 is 1.08 bits per heavy atom. The molecule has 2 atom stereocenters. The predicted molar refractivity (Wildman–Crippen MR) is 97.3 cm³/mol. The molecule has 1 saturated heterocycles. The number of aliphatic carboxylic acids is 1. The summed E-state index contributed by atoms with van der Waals surface area (Å²) in [6.45, 7) is 3.06. The fraction of sp³-hybridized carbons (Fsp3) is 0.619. The lowest BCUT2D eigenvalue weighted by Crippen LogP contribution is -2.43. The lowest BCUT2D eigenvalue weighted by molar-refractivity contribution is -0.146. The van der Waals surface area contributed by atoms with E-state index in [1.54, 1.807) is 0 Å². The molecule has 0 bridgehead atoms. The van der Waals surface area contributed by atoms with Gasteiger partial charge in [0.15, 0.2) is 0 Å². The van der Waals surface area contributed by atoms with Crippen molar-refractivity contribution < 1.29 is 14.7 Å². The molecule has 1 aliphatic heterocycles. The van der Waals surface area contributed by atoms with Gasteiger partial charge in [-0.2, -0.15) is 0 Å². The molecule has 1 aliphatic carbocycles. The van der Waals surface area contributed by atoms with E-state index in [0.717, 1.165) is 38.6 Å². The molecule has 1 heterocycles. The number of amides is 1. The molecule has 2 unspecified atom stereocenters. The van der Waals surface area contributed by atoms with Crippen LogP contribution in [0.5, 0.6) is 0 Å². The number of rotatable bonds is 5. The number of hydrogen-bond donors (Lipinski definition) is 1. The van der Waals surface area contributed by atoms with Crippen molar-refractivity contribution in [3.63, 3.8) is 0 Å². The highest BCUT2D eigenvalue weighted by molar-refractivity contribution is 5.80. The van der Waals surface area contributed by atoms with Crippen molar-refractivity contribution in [2.75, 3.05) is 6.54 Å². The zero-order valence-electron chi connectivity index (χ0n) is 15.1. The molecule has 2 fully saturated rings. The van der Waals surface area contributed by atoms with Crippen molar-refractivity contribution in [1.29, 1.82) is 0 Å². The fourth-order valence-electron chi connectivity index (χ4n) is 4.74. The molecule has 136 valence electrons. The number of carbonyl (C=O) groups is 2. The van der Waals surface area contributed by atoms with Gasteiger partial charge in [-0.25, -0.2) is 0 Å². The van der Waals surface area contributed by atoms with E-state index >= 15 is 0 Å². The van der Waals surface area contributed by atoms with Crippen molar-refractivity contribution in [2.45, 2.75) is 63.8 Å². The number of carboxylic acid groups (broad SMARTS) is 1. The standard InChI is InChI=1S/C21H29NO3/c1-2-18(15-7-4-3-5-8-15)19-9-6-14-22(19)20(23)16-10-12-17(13-11-16)21(24)25/h3-5,7-8,16-19H,2,6,9-14H2,1H3,(H,24,25). The topological polar surface area (TPSA) is 57.6 Å². The summed E-state index contributed by atoms with van der Waals surface area (Å²) in [4.78, 5) is 26.4. The van der Waals surface area contributed by atoms with Crippen LogP contribution in [0.15, 0.2) is 30.3 Å². The Kier molecular flexibility index (Phi) is 5.77. The first-order chi connectivity index (χ1) is 12.1. The van der Waals surface area contributed by atoms with Gasteiger partial charge in [0.25, 0.3) is 0 Å². The summed E-state index contributed by atoms with van der Waals surface area (Å²) >= 11 is 0. The SMILES string of the molecule is CCC(c1ccccc1)C1CCCN1C(=O)C1CCC(C(=O)O)CC1. The van der Waals surface area contributed by atoms with Gasteiger partial charge in [0.05, 0.1) is 5.92 Å². The Hall–Kier alpha value is -1.84. The average molecular weight is 343 g/mol. The summed E-state index contributed by atoms with van der Waals surface area (Å²) in [6.07, 6.45) is 5.90. The molecule has 25 heavy (non-hydrogen) atoms. The van der Waals surface area contributed by atoms with Crippen LogP contribution in [0.4, 0.5) is 0 Å². The molecule has 1 saturated carbocycles. The van der Waals surface area contributed by atoms with E-state index in [1.165, 1.54) is 5.56 Å². The first-order valence-electron chi connectivity index (χ1n) is 9.70. The highest BCUT2D eigenvalue weighted by atomic mass is 16.4. The first-order valence-corrected chi connectivity index (χ1v) is 9.70. The minimum absolute atomic E-state index is 0.0180. The van der Waals surface area contributed by atoms with Gasteiger partial charge in [-0.1, -0.05) is 37.3 Å². The summed E-state index contributed by atoms with van der Waals surface area (Å²) < 4.78 is 0. The van der Waals surface area contributed by atoms with Crippen molar-refractivity contribution in [2.24, 2.45) is 11.8 Å². The van der Waals surface area contributed by atoms with Gasteiger partial charge in [-0.05, 0) is 50.5 Å². The maximum absolute atomic E-state index is 13.1. The number of benzene rings is 1. The van der Waals surface area contributed by atoms with Crippen molar-refractivity contribution >= 4 is 11.9 Å². The summed E-state index contributed by atoms with van der Waals surface area (Å²) in [6, 6.07) is 10.8. The highest BCUT2D eigenvalue weighted by Crippen LogP contribution is 2.37. The third kappa shape index (κ3) is 3.88. The van der Waals surface area contributed by atoms with Crippen molar-refractivity contribution in [1.82, 2.24) is 4.90 Å². The van der Waals surface area contributed by atoms with E-state index in [4.69, 9.17) is 5.11 Å². The third-order valence-corrected chi connectivity index (χ3v) is 6.14. The van der Waals surface area contributed by atoms with Gasteiger partial charge in [0, 0.05) is 24.4 Å². The molecular formula is C21H29NO3. The summed E-state index contributed by atoms with van der Waals surface area (Å²) in [5, 5.41) is 9.15. The van der Waals surface area contributed by atoms with Crippen LogP contribution < -0.4 is 0 Å². The second-order valence-corrected chi connectivity index (χ2v) is 7.55. The second kappa shape index (κ2) is 8.03. The number of carboxylic acids is 1. The third-order valence-electron chi connectivity index (χ3n) is 6.14. The van der Waals surface area contributed by atoms with E-state index < -0.39 is 5.97 Å². The molecule has 1 aromatic carbocycles. The van der Waals surface area contributed by atoms with Gasteiger partial charge in [0.2, 0.25) is 5.91 Å². The Morgan fingerprint density at radius 2 is 1.72 bits per heavy atom. The molecule has 2 aliphatic rings. The van der Waals surface area contributed by atoms with E-state index in [1.807, 2.05) is 6.07 Å². The number of hydrogen-bond acceptors (Lipinski definition) is 2. The van der Waals surface area contributed by atoms with Gasteiger partial charge in [0.1, 0.15) is 0 Å². The predicted octanol–water partition coefficient (Wildman–Crippen LogP) is 4.06. The lowest BCUT2D eigenvalue weighted by Gasteiger charge is -2.35. The smallest absolute Gasteiger partial charge is 0.306 e. The Balaban J connectivity index is 1.69. The van der Waals surface area contributed by atoms with Crippen molar-refractivity contribution in [3.8, 4) is 0 Å². The van der Waals surface area contributed by atoms with E-state index in [2.05, 4.69) is 36.1 Å². The quantitative estimate of drug-likeness (QED) is 0.877. The Labute approximate surface area is 150 Å². The monoisotopic (exact) mass is 343 g/mol. The van der Waals surface area contributed by atoms with E-state index in [9.17, 15) is 9.59 Å². The zero-order valence-corrected chi connectivity index (χ0v) is 15.1. The normalized spacial score (nSPS) is 27.9. The van der Waals surface area contributed by atoms with Crippen LogP contribution in [0, 0.1) is 11.8 Å². The lowest BCUT2D eigenvalue weighted by atomic mass is 9.80. The molecule has 0 radical (unpaired) electrons. The number of likely N-dealkylation sites (tertiary alicyclic amines) is 1. The summed E-state index contributed by atoms with van der Waals surface area (Å²) in [5.41, 5.74) is 1.32.